The molecule has 15 heavy (non-hydrogen) atoms. The topological polar surface area (TPSA) is 60.4 Å². The molecule has 4 heteroatoms. The van der Waals surface area contributed by atoms with Crippen LogP contribution in [-0.2, 0) is 0 Å². The summed E-state index contributed by atoms with van der Waals surface area (Å²) < 4.78 is 0. The van der Waals surface area contributed by atoms with E-state index in [1.54, 1.807) is 30.3 Å². The van der Waals surface area contributed by atoms with E-state index in [0.29, 0.717) is 5.39 Å². The third-order valence-corrected chi connectivity index (χ3v) is 2.11. The number of carbonyl (C=O) groups excluding carboxylic acids is 1. The van der Waals surface area contributed by atoms with Gasteiger partial charge in [-0.1, -0.05) is 30.3 Å². The first-order valence-corrected chi connectivity index (χ1v) is 4.12. The summed E-state index contributed by atoms with van der Waals surface area (Å²) in [6.45, 7) is 0. The normalized spacial score (nSPS) is 9.60. The van der Waals surface area contributed by atoms with Gasteiger partial charge in [0, 0.05) is 5.56 Å². The van der Waals surface area contributed by atoms with Crippen molar-refractivity contribution in [1.29, 1.82) is 0 Å². The Labute approximate surface area is 136 Å². The van der Waals surface area contributed by atoms with Gasteiger partial charge in [0.1, 0.15) is 5.75 Å². The second-order valence-electron chi connectivity index (χ2n) is 2.97. The summed E-state index contributed by atoms with van der Waals surface area (Å²) in [5.41, 5.74) is -0.150. The van der Waals surface area contributed by atoms with Gasteiger partial charge in [0.2, 0.25) is 0 Å². The quantitative estimate of drug-likeness (QED) is 0.648. The van der Waals surface area contributed by atoms with Gasteiger partial charge >= 0.3 is 58.2 Å². The molecule has 2 aromatic carbocycles. The van der Waals surface area contributed by atoms with Crippen LogP contribution >= 0.6 is 0 Å². The number of benzene rings is 2. The van der Waals surface area contributed by atoms with Crippen LogP contribution < -0.4 is 63.3 Å². The van der Waals surface area contributed by atoms with E-state index in [9.17, 15) is 15.0 Å². The summed E-state index contributed by atoms with van der Waals surface area (Å²) in [4.78, 5) is 10.8. The Morgan fingerprint density at radius 2 is 1.80 bits per heavy atom. The molecule has 0 aliphatic carbocycles. The summed E-state index contributed by atoms with van der Waals surface area (Å²) >= 11 is 0. The number of hydrogen-bond donors (Lipinski definition) is 1. The van der Waals surface area contributed by atoms with Crippen LogP contribution in [0.2, 0.25) is 0 Å². The third kappa shape index (κ3) is 2.48. The van der Waals surface area contributed by atoms with Crippen molar-refractivity contribution in [2.24, 2.45) is 0 Å². The minimum absolute atomic E-state index is 0. The van der Waals surface area contributed by atoms with Gasteiger partial charge in [-0.05, 0) is 16.8 Å². The first-order chi connectivity index (χ1) is 6.70. The predicted molar refractivity (Wildman–Crippen MR) is 49.9 cm³/mol. The smallest absolute Gasteiger partial charge is 0.545 e. The summed E-state index contributed by atoms with van der Waals surface area (Å²) in [6, 6.07) is 9.96. The number of carbonyl (C=O) groups is 1. The number of fused-ring (bicyclic) bond motifs is 1. The van der Waals surface area contributed by atoms with Crippen LogP contribution in [0.4, 0.5) is 0 Å². The Morgan fingerprint density at radius 1 is 1.13 bits per heavy atom. The number of carboxylic acids is 1. The molecule has 2 aromatic rings. The van der Waals surface area contributed by atoms with Crippen LogP contribution in [0, 0.1) is 0 Å². The SMILES string of the molecule is O=C([O-])c1c(O)ccc2ccccc12.[Rb+]. The Hall–Kier alpha value is -0.225. The summed E-state index contributed by atoms with van der Waals surface area (Å²) in [6.07, 6.45) is 0. The molecular formula is C11H7O3Rb. The monoisotopic (exact) mass is 272 g/mol. The van der Waals surface area contributed by atoms with E-state index in [1.165, 1.54) is 6.07 Å². The standard InChI is InChI=1S/C11H8O3.Rb/c12-9-6-5-7-3-1-2-4-8(7)10(9)11(13)14;/h1-6,12H,(H,13,14);/q;+1/p-1. The van der Waals surface area contributed by atoms with Gasteiger partial charge in [-0.25, -0.2) is 0 Å². The minimum atomic E-state index is -1.36. The fraction of sp³-hybridized carbons (Fsp3) is 0. The third-order valence-electron chi connectivity index (χ3n) is 2.11. The number of aromatic hydroxyl groups is 1. The maximum Gasteiger partial charge on any atom is 1.00 e. The van der Waals surface area contributed by atoms with Gasteiger partial charge in [0.25, 0.3) is 0 Å². The zero-order valence-electron chi connectivity index (χ0n) is 8.23. The first-order valence-electron chi connectivity index (χ1n) is 4.12. The number of phenols is 1. The second-order valence-corrected chi connectivity index (χ2v) is 2.97. The summed E-state index contributed by atoms with van der Waals surface area (Å²) in [5, 5.41) is 21.4. The molecular weight excluding hydrogens is 266 g/mol. The van der Waals surface area contributed by atoms with Crippen LogP contribution in [0.25, 0.3) is 10.8 Å². The van der Waals surface area contributed by atoms with E-state index >= 15 is 0 Å². The van der Waals surface area contributed by atoms with Crippen LogP contribution in [0.5, 0.6) is 5.75 Å². The van der Waals surface area contributed by atoms with Gasteiger partial charge in [0.15, 0.2) is 0 Å². The van der Waals surface area contributed by atoms with Crippen LogP contribution in [-0.4, -0.2) is 11.1 Å². The Kier molecular flexibility index (Phi) is 4.46. The van der Waals surface area contributed by atoms with E-state index < -0.39 is 5.97 Å². The maximum atomic E-state index is 10.8. The zero-order chi connectivity index (χ0) is 10.1. The van der Waals surface area contributed by atoms with Crippen molar-refractivity contribution in [3.63, 3.8) is 0 Å². The van der Waals surface area contributed by atoms with Crippen LogP contribution in [0.15, 0.2) is 36.4 Å². The number of carboxylic acid groups (broad SMARTS) is 1. The van der Waals surface area contributed by atoms with Crippen molar-refractivity contribution in [1.82, 2.24) is 0 Å². The molecule has 0 aliphatic heterocycles. The van der Waals surface area contributed by atoms with Gasteiger partial charge in [0.05, 0.1) is 5.97 Å². The molecule has 0 saturated carbocycles. The van der Waals surface area contributed by atoms with Crippen molar-refractivity contribution >= 4 is 16.7 Å². The van der Waals surface area contributed by atoms with Gasteiger partial charge in [-0.15, -0.1) is 0 Å². The second kappa shape index (κ2) is 5.21. The molecule has 0 spiro atoms. The average Bonchev–Trinajstić information content (AvgIpc) is 2.17. The number of hydrogen-bond acceptors (Lipinski definition) is 3. The van der Waals surface area contributed by atoms with Crippen LogP contribution in [0.1, 0.15) is 10.4 Å². The first kappa shape index (κ1) is 12.8. The molecule has 0 atom stereocenters. The van der Waals surface area contributed by atoms with E-state index in [-0.39, 0.29) is 69.5 Å². The molecule has 1 N–H and O–H groups in total. The van der Waals surface area contributed by atoms with Crippen molar-refractivity contribution in [2.75, 3.05) is 0 Å². The molecule has 0 unspecified atom stereocenters. The Balaban J connectivity index is 0.00000112. The number of rotatable bonds is 1. The molecule has 0 saturated heterocycles. The van der Waals surface area contributed by atoms with Crippen molar-refractivity contribution < 1.29 is 73.2 Å². The molecule has 0 bridgehead atoms. The maximum absolute atomic E-state index is 10.8. The largest absolute Gasteiger partial charge is 1.00 e. The average molecular weight is 273 g/mol. The van der Waals surface area contributed by atoms with E-state index in [1.807, 2.05) is 0 Å². The summed E-state index contributed by atoms with van der Waals surface area (Å²) in [5.74, 6) is -1.62. The molecule has 0 heterocycles. The van der Waals surface area contributed by atoms with Gasteiger partial charge < -0.3 is 15.0 Å². The zero-order valence-corrected chi connectivity index (χ0v) is 13.1. The fourth-order valence-corrected chi connectivity index (χ4v) is 1.47. The molecule has 3 nitrogen and oxygen atoms in total. The van der Waals surface area contributed by atoms with E-state index in [2.05, 4.69) is 0 Å². The molecule has 0 amide bonds. The van der Waals surface area contributed by atoms with Crippen molar-refractivity contribution in [3.8, 4) is 5.75 Å². The minimum Gasteiger partial charge on any atom is -0.545 e. The van der Waals surface area contributed by atoms with Crippen molar-refractivity contribution in [2.45, 2.75) is 0 Å². The molecule has 70 valence electrons. The Bertz CT molecular complexity index is 508. The molecule has 0 fully saturated rings. The van der Waals surface area contributed by atoms with Gasteiger partial charge in [-0.3, -0.25) is 0 Å². The van der Waals surface area contributed by atoms with E-state index in [0.717, 1.165) is 5.39 Å². The number of aromatic carboxylic acids is 1. The van der Waals surface area contributed by atoms with Crippen molar-refractivity contribution in [3.05, 3.63) is 42.0 Å². The molecule has 0 radical (unpaired) electrons. The predicted octanol–water partition coefficient (Wildman–Crippen LogP) is -2.09. The molecule has 0 aromatic heterocycles. The fourth-order valence-electron chi connectivity index (χ4n) is 1.47. The summed E-state index contributed by atoms with van der Waals surface area (Å²) in [7, 11) is 0. The molecule has 0 aliphatic rings. The molecule has 2 rings (SSSR count). The van der Waals surface area contributed by atoms with E-state index in [4.69, 9.17) is 0 Å². The Morgan fingerprint density at radius 3 is 2.47 bits per heavy atom. The van der Waals surface area contributed by atoms with Crippen LogP contribution in [0.3, 0.4) is 0 Å². The van der Waals surface area contributed by atoms with Gasteiger partial charge in [-0.2, -0.15) is 0 Å².